The molecule has 1 aromatic carbocycles. The summed E-state index contributed by atoms with van der Waals surface area (Å²) in [5, 5.41) is 8.62. The number of carboxylic acid groups (broad SMARTS) is 1. The molecule has 1 aliphatic rings. The smallest absolute Gasteiger partial charge is 0.303 e. The van der Waals surface area contributed by atoms with Gasteiger partial charge in [0.1, 0.15) is 5.75 Å². The van der Waals surface area contributed by atoms with E-state index in [1.54, 1.807) is 24.0 Å². The zero-order valence-corrected chi connectivity index (χ0v) is 15.8. The summed E-state index contributed by atoms with van der Waals surface area (Å²) in [4.78, 5) is 24.4. The molecule has 9 heteroatoms. The SMILES string of the molecule is COc1ccc(S(=O)(=O)N2CCN(C(=O)CCCC(=O)O)CC2)c(C)c1. The largest absolute Gasteiger partial charge is 0.497 e. The highest BCUT2D eigenvalue weighted by molar-refractivity contribution is 7.89. The fourth-order valence-electron chi connectivity index (χ4n) is 2.90. The molecule has 0 bridgehead atoms. The molecule has 0 aromatic heterocycles. The summed E-state index contributed by atoms with van der Waals surface area (Å²) < 4.78 is 32.2. The Morgan fingerprint density at radius 2 is 1.81 bits per heavy atom. The van der Waals surface area contributed by atoms with Crippen molar-refractivity contribution < 1.29 is 27.9 Å². The Bertz CT molecular complexity index is 769. The predicted octanol–water partition coefficient (Wildman–Crippen LogP) is 1.09. The Labute approximate surface area is 153 Å². The van der Waals surface area contributed by atoms with E-state index in [4.69, 9.17) is 9.84 Å². The molecule has 1 saturated heterocycles. The molecule has 0 saturated carbocycles. The number of carboxylic acids is 1. The molecule has 0 atom stereocenters. The van der Waals surface area contributed by atoms with Crippen LogP contribution in [-0.2, 0) is 19.6 Å². The van der Waals surface area contributed by atoms with Crippen molar-refractivity contribution in [2.75, 3.05) is 33.3 Å². The summed E-state index contributed by atoms with van der Waals surface area (Å²) in [5.74, 6) is -0.467. The zero-order valence-electron chi connectivity index (χ0n) is 15.0. The number of nitrogens with zero attached hydrogens (tertiary/aromatic N) is 2. The third-order valence-electron chi connectivity index (χ3n) is 4.37. The minimum absolute atomic E-state index is 0.0448. The van der Waals surface area contributed by atoms with Crippen LogP contribution in [-0.4, -0.2) is 67.9 Å². The fraction of sp³-hybridized carbons (Fsp3) is 0.529. The molecule has 1 heterocycles. The monoisotopic (exact) mass is 384 g/mol. The van der Waals surface area contributed by atoms with Gasteiger partial charge in [0.2, 0.25) is 15.9 Å². The van der Waals surface area contributed by atoms with E-state index in [-0.39, 0.29) is 43.2 Å². The molecule has 0 radical (unpaired) electrons. The second-order valence-electron chi connectivity index (χ2n) is 6.16. The quantitative estimate of drug-likeness (QED) is 0.755. The zero-order chi connectivity index (χ0) is 19.3. The minimum atomic E-state index is -3.63. The number of sulfonamides is 1. The van der Waals surface area contributed by atoms with Crippen LogP contribution in [0.1, 0.15) is 24.8 Å². The topological polar surface area (TPSA) is 104 Å². The van der Waals surface area contributed by atoms with Crippen molar-refractivity contribution in [2.45, 2.75) is 31.1 Å². The molecule has 144 valence electrons. The number of hydrogen-bond acceptors (Lipinski definition) is 5. The molecule has 8 nitrogen and oxygen atoms in total. The van der Waals surface area contributed by atoms with Crippen LogP contribution >= 0.6 is 0 Å². The third kappa shape index (κ3) is 4.73. The lowest BCUT2D eigenvalue weighted by Gasteiger charge is -2.34. The van der Waals surface area contributed by atoms with Crippen molar-refractivity contribution in [3.63, 3.8) is 0 Å². The lowest BCUT2D eigenvalue weighted by atomic mass is 10.2. The van der Waals surface area contributed by atoms with Gasteiger partial charge in [-0.2, -0.15) is 4.31 Å². The van der Waals surface area contributed by atoms with Gasteiger partial charge in [0.05, 0.1) is 12.0 Å². The molecule has 1 N–H and O–H groups in total. The number of benzene rings is 1. The van der Waals surface area contributed by atoms with Gasteiger partial charge in [0.15, 0.2) is 0 Å². The summed E-state index contributed by atoms with van der Waals surface area (Å²) in [6.07, 6.45) is 0.408. The molecule has 1 amide bonds. The number of aliphatic carboxylic acids is 1. The van der Waals surface area contributed by atoms with Crippen LogP contribution in [0.3, 0.4) is 0 Å². The number of carbonyl (C=O) groups is 2. The van der Waals surface area contributed by atoms with E-state index in [2.05, 4.69) is 0 Å². The van der Waals surface area contributed by atoms with Gasteiger partial charge >= 0.3 is 5.97 Å². The van der Waals surface area contributed by atoms with Gasteiger partial charge in [-0.15, -0.1) is 0 Å². The van der Waals surface area contributed by atoms with Crippen LogP contribution in [0.4, 0.5) is 0 Å². The predicted molar refractivity (Wildman–Crippen MR) is 94.6 cm³/mol. The maximum atomic E-state index is 12.8. The Balaban J connectivity index is 1.98. The van der Waals surface area contributed by atoms with E-state index in [0.29, 0.717) is 24.4 Å². The minimum Gasteiger partial charge on any atom is -0.497 e. The van der Waals surface area contributed by atoms with Gasteiger partial charge < -0.3 is 14.7 Å². The molecule has 2 rings (SSSR count). The molecule has 26 heavy (non-hydrogen) atoms. The molecule has 0 spiro atoms. The summed E-state index contributed by atoms with van der Waals surface area (Å²) in [5.41, 5.74) is 0.608. The normalized spacial score (nSPS) is 15.7. The van der Waals surface area contributed by atoms with Crippen LogP contribution in [0.25, 0.3) is 0 Å². The van der Waals surface area contributed by atoms with E-state index in [0.717, 1.165) is 0 Å². The van der Waals surface area contributed by atoms with Gasteiger partial charge in [-0.25, -0.2) is 8.42 Å². The molecule has 1 aliphatic heterocycles. The van der Waals surface area contributed by atoms with Crippen molar-refractivity contribution in [3.05, 3.63) is 23.8 Å². The maximum Gasteiger partial charge on any atom is 0.303 e. The maximum absolute atomic E-state index is 12.8. The number of amides is 1. The number of piperazine rings is 1. The van der Waals surface area contributed by atoms with Gasteiger partial charge in [-0.3, -0.25) is 9.59 Å². The van der Waals surface area contributed by atoms with E-state index in [9.17, 15) is 18.0 Å². The molecule has 1 aromatic rings. The number of aryl methyl sites for hydroxylation is 1. The Kier molecular flexibility index (Phi) is 6.60. The summed E-state index contributed by atoms with van der Waals surface area (Å²) in [6.45, 7) is 2.77. The number of carbonyl (C=O) groups excluding carboxylic acids is 1. The first-order valence-electron chi connectivity index (χ1n) is 8.40. The standard InChI is InChI=1S/C17H24N2O6S/c1-13-12-14(25-2)6-7-15(13)26(23,24)19-10-8-18(9-11-19)16(20)4-3-5-17(21)22/h6-7,12H,3-5,8-11H2,1-2H3,(H,21,22). The van der Waals surface area contributed by atoms with Crippen LogP contribution < -0.4 is 4.74 Å². The van der Waals surface area contributed by atoms with Crippen molar-refractivity contribution in [1.29, 1.82) is 0 Å². The third-order valence-corrected chi connectivity index (χ3v) is 6.43. The van der Waals surface area contributed by atoms with E-state index in [1.165, 1.54) is 17.5 Å². The summed E-state index contributed by atoms with van der Waals surface area (Å²) in [7, 11) is -2.11. The van der Waals surface area contributed by atoms with Gasteiger partial charge in [-0.1, -0.05) is 0 Å². The number of hydrogen-bond donors (Lipinski definition) is 1. The van der Waals surface area contributed by atoms with Crippen molar-refractivity contribution >= 4 is 21.9 Å². The van der Waals surface area contributed by atoms with E-state index < -0.39 is 16.0 Å². The molecule has 0 unspecified atom stereocenters. The van der Waals surface area contributed by atoms with Crippen LogP contribution in [0.15, 0.2) is 23.1 Å². The first-order chi connectivity index (χ1) is 12.3. The second-order valence-corrected chi connectivity index (χ2v) is 8.07. The van der Waals surface area contributed by atoms with Crippen molar-refractivity contribution in [1.82, 2.24) is 9.21 Å². The Morgan fingerprint density at radius 3 is 2.35 bits per heavy atom. The lowest BCUT2D eigenvalue weighted by Crippen LogP contribution is -2.50. The Morgan fingerprint density at radius 1 is 1.15 bits per heavy atom. The fourth-order valence-corrected chi connectivity index (χ4v) is 4.53. The average Bonchev–Trinajstić information content (AvgIpc) is 2.61. The molecular weight excluding hydrogens is 360 g/mol. The Hall–Kier alpha value is -2.13. The average molecular weight is 384 g/mol. The number of ether oxygens (including phenoxy) is 1. The summed E-state index contributed by atoms with van der Waals surface area (Å²) in [6, 6.07) is 4.82. The van der Waals surface area contributed by atoms with E-state index in [1.807, 2.05) is 0 Å². The summed E-state index contributed by atoms with van der Waals surface area (Å²) >= 11 is 0. The molecule has 1 fully saturated rings. The first kappa shape index (κ1) is 20.2. The second kappa shape index (κ2) is 8.50. The van der Waals surface area contributed by atoms with Gasteiger partial charge in [0.25, 0.3) is 0 Å². The van der Waals surface area contributed by atoms with Crippen molar-refractivity contribution in [3.8, 4) is 5.75 Å². The number of methoxy groups -OCH3 is 1. The van der Waals surface area contributed by atoms with Crippen molar-refractivity contribution in [2.24, 2.45) is 0 Å². The van der Waals surface area contributed by atoms with Gasteiger partial charge in [-0.05, 0) is 37.1 Å². The highest BCUT2D eigenvalue weighted by Gasteiger charge is 2.31. The van der Waals surface area contributed by atoms with Crippen LogP contribution in [0.5, 0.6) is 5.75 Å². The van der Waals surface area contributed by atoms with Crippen LogP contribution in [0.2, 0.25) is 0 Å². The van der Waals surface area contributed by atoms with Gasteiger partial charge in [0, 0.05) is 39.0 Å². The highest BCUT2D eigenvalue weighted by atomic mass is 32.2. The first-order valence-corrected chi connectivity index (χ1v) is 9.84. The van der Waals surface area contributed by atoms with Crippen LogP contribution in [0, 0.1) is 6.92 Å². The highest BCUT2D eigenvalue weighted by Crippen LogP contribution is 2.25. The number of rotatable bonds is 7. The molecular formula is C17H24N2O6S. The molecule has 0 aliphatic carbocycles. The lowest BCUT2D eigenvalue weighted by molar-refractivity contribution is -0.137. The van der Waals surface area contributed by atoms with E-state index >= 15 is 0 Å².